The molecule has 0 fully saturated rings. The van der Waals surface area contributed by atoms with Crippen LogP contribution in [0.25, 0.3) is 0 Å². The number of nitrogens with zero attached hydrogens (tertiary/aromatic N) is 2. The van der Waals surface area contributed by atoms with Gasteiger partial charge in [0.15, 0.2) is 5.84 Å². The highest BCUT2D eigenvalue weighted by molar-refractivity contribution is 6.06. The molecule has 0 spiro atoms. The fourth-order valence-corrected chi connectivity index (χ4v) is 2.52. The molecular formula is C14H24N4O3. The monoisotopic (exact) mass is 296 g/mol. The normalized spacial score (nSPS) is 12.4. The summed E-state index contributed by atoms with van der Waals surface area (Å²) >= 11 is 0. The number of amidine groups is 1. The van der Waals surface area contributed by atoms with Crippen molar-refractivity contribution >= 4 is 11.7 Å². The minimum absolute atomic E-state index is 0.0416. The van der Waals surface area contributed by atoms with E-state index in [0.717, 1.165) is 12.8 Å². The molecule has 0 atom stereocenters. The Labute approximate surface area is 124 Å². The summed E-state index contributed by atoms with van der Waals surface area (Å²) in [5, 5.41) is 18.7. The summed E-state index contributed by atoms with van der Waals surface area (Å²) < 4.78 is 4.96. The highest BCUT2D eigenvalue weighted by Gasteiger charge is 2.41. The number of oxime groups is 1. The Morgan fingerprint density at radius 3 is 2.52 bits per heavy atom. The minimum atomic E-state index is -0.975. The number of hydrogen-bond donors (Lipinski definition) is 3. The van der Waals surface area contributed by atoms with Crippen LogP contribution in [0.4, 0.5) is 0 Å². The molecule has 4 N–H and O–H groups in total. The van der Waals surface area contributed by atoms with Crippen LogP contribution in [-0.2, 0) is 11.3 Å². The number of nitrogens with two attached hydrogens (primary N) is 1. The molecule has 21 heavy (non-hydrogen) atoms. The lowest BCUT2D eigenvalue weighted by Gasteiger charge is -2.30. The molecule has 118 valence electrons. The van der Waals surface area contributed by atoms with Gasteiger partial charge in [0.2, 0.25) is 5.91 Å². The van der Waals surface area contributed by atoms with Gasteiger partial charge >= 0.3 is 0 Å². The Morgan fingerprint density at radius 1 is 1.48 bits per heavy atom. The summed E-state index contributed by atoms with van der Waals surface area (Å²) in [5.41, 5.74) is 5.47. The van der Waals surface area contributed by atoms with Crippen LogP contribution in [0.1, 0.15) is 51.0 Å². The number of hydrogen-bond acceptors (Lipinski definition) is 5. The second-order valence-electron chi connectivity index (χ2n) is 5.18. The van der Waals surface area contributed by atoms with E-state index in [4.69, 9.17) is 15.5 Å². The molecule has 1 aromatic heterocycles. The van der Waals surface area contributed by atoms with Gasteiger partial charge in [0.25, 0.3) is 0 Å². The van der Waals surface area contributed by atoms with E-state index in [-0.39, 0.29) is 18.3 Å². The number of carbonyl (C=O) groups is 1. The smallest absolute Gasteiger partial charge is 0.234 e. The molecule has 0 aliphatic rings. The molecule has 7 nitrogen and oxygen atoms in total. The SMILES string of the molecule is CCCC(CCC)(C(=O)NCc1cc(C)on1)C(N)=NO. The third-order valence-electron chi connectivity index (χ3n) is 3.49. The molecule has 7 heteroatoms. The lowest BCUT2D eigenvalue weighted by molar-refractivity contribution is -0.128. The third kappa shape index (κ3) is 3.96. The number of nitrogens with one attached hydrogen (secondary N) is 1. The van der Waals surface area contributed by atoms with Crippen molar-refractivity contribution in [2.24, 2.45) is 16.3 Å². The first-order valence-electron chi connectivity index (χ1n) is 7.18. The number of aromatic nitrogens is 1. The molecule has 0 saturated carbocycles. The van der Waals surface area contributed by atoms with Gasteiger partial charge in [-0.2, -0.15) is 0 Å². The van der Waals surface area contributed by atoms with E-state index in [0.29, 0.717) is 24.3 Å². The first-order chi connectivity index (χ1) is 10.00. The Bertz CT molecular complexity index is 490. The summed E-state index contributed by atoms with van der Waals surface area (Å²) in [6.45, 7) is 5.96. The van der Waals surface area contributed by atoms with Crippen molar-refractivity contribution in [1.29, 1.82) is 0 Å². The maximum Gasteiger partial charge on any atom is 0.234 e. The summed E-state index contributed by atoms with van der Waals surface area (Å²) in [6.07, 6.45) is 2.57. The Balaban J connectivity index is 2.88. The van der Waals surface area contributed by atoms with Crippen molar-refractivity contribution in [2.75, 3.05) is 0 Å². The van der Waals surface area contributed by atoms with Crippen LogP contribution in [0.3, 0.4) is 0 Å². The zero-order valence-corrected chi connectivity index (χ0v) is 12.8. The van der Waals surface area contributed by atoms with Gasteiger partial charge in [-0.05, 0) is 19.8 Å². The molecule has 1 rings (SSSR count). The Kier molecular flexibility index (Phi) is 6.20. The lowest BCUT2D eigenvalue weighted by Crippen LogP contribution is -2.49. The quantitative estimate of drug-likeness (QED) is 0.293. The van der Waals surface area contributed by atoms with Crippen LogP contribution in [0, 0.1) is 12.3 Å². The van der Waals surface area contributed by atoms with Crippen LogP contribution in [0.5, 0.6) is 0 Å². The summed E-state index contributed by atoms with van der Waals surface area (Å²) in [5.74, 6) is 0.395. The van der Waals surface area contributed by atoms with Crippen molar-refractivity contribution in [3.05, 3.63) is 17.5 Å². The van der Waals surface area contributed by atoms with Gasteiger partial charge in [-0.25, -0.2) is 0 Å². The lowest BCUT2D eigenvalue weighted by atomic mass is 9.77. The number of aryl methyl sites for hydroxylation is 1. The predicted molar refractivity (Wildman–Crippen MR) is 78.7 cm³/mol. The molecule has 0 bridgehead atoms. The van der Waals surface area contributed by atoms with E-state index in [1.807, 2.05) is 13.8 Å². The zero-order chi connectivity index (χ0) is 15.9. The molecule has 0 radical (unpaired) electrons. The highest BCUT2D eigenvalue weighted by Crippen LogP contribution is 2.31. The molecule has 0 saturated heterocycles. The average molecular weight is 296 g/mol. The van der Waals surface area contributed by atoms with E-state index in [2.05, 4.69) is 15.6 Å². The van der Waals surface area contributed by atoms with Gasteiger partial charge in [0.05, 0.1) is 6.54 Å². The summed E-state index contributed by atoms with van der Waals surface area (Å²) in [4.78, 5) is 12.6. The van der Waals surface area contributed by atoms with Gasteiger partial charge in [-0.15, -0.1) is 0 Å². The summed E-state index contributed by atoms with van der Waals surface area (Å²) in [6, 6.07) is 1.76. The molecule has 1 amide bonds. The van der Waals surface area contributed by atoms with Crippen molar-refractivity contribution in [2.45, 2.75) is 53.0 Å². The van der Waals surface area contributed by atoms with E-state index >= 15 is 0 Å². The maximum absolute atomic E-state index is 12.6. The van der Waals surface area contributed by atoms with E-state index < -0.39 is 5.41 Å². The summed E-state index contributed by atoms with van der Waals surface area (Å²) in [7, 11) is 0. The Hall–Kier alpha value is -2.05. The fraction of sp³-hybridized carbons (Fsp3) is 0.643. The fourth-order valence-electron chi connectivity index (χ4n) is 2.52. The van der Waals surface area contributed by atoms with Crippen LogP contribution >= 0.6 is 0 Å². The number of carbonyl (C=O) groups excluding carboxylic acids is 1. The molecule has 0 aliphatic heterocycles. The average Bonchev–Trinajstić information content (AvgIpc) is 2.89. The second kappa shape index (κ2) is 7.66. The molecule has 1 heterocycles. The molecule has 0 aliphatic carbocycles. The van der Waals surface area contributed by atoms with Gasteiger partial charge in [-0.3, -0.25) is 4.79 Å². The highest BCUT2D eigenvalue weighted by atomic mass is 16.5. The molecule has 0 aromatic carbocycles. The third-order valence-corrected chi connectivity index (χ3v) is 3.49. The maximum atomic E-state index is 12.6. The topological polar surface area (TPSA) is 114 Å². The van der Waals surface area contributed by atoms with E-state index in [9.17, 15) is 4.79 Å². The van der Waals surface area contributed by atoms with Gasteiger partial charge in [0.1, 0.15) is 16.9 Å². The zero-order valence-electron chi connectivity index (χ0n) is 12.8. The number of rotatable bonds is 8. The van der Waals surface area contributed by atoms with E-state index in [1.165, 1.54) is 0 Å². The molecule has 0 unspecified atom stereocenters. The first kappa shape index (κ1) is 17.0. The van der Waals surface area contributed by atoms with Crippen LogP contribution < -0.4 is 11.1 Å². The predicted octanol–water partition coefficient (Wildman–Crippen LogP) is 1.93. The molecular weight excluding hydrogens is 272 g/mol. The molecule has 1 aromatic rings. The largest absolute Gasteiger partial charge is 0.409 e. The van der Waals surface area contributed by atoms with Crippen molar-refractivity contribution in [1.82, 2.24) is 10.5 Å². The number of amides is 1. The van der Waals surface area contributed by atoms with Gasteiger partial charge < -0.3 is 20.8 Å². The van der Waals surface area contributed by atoms with Gasteiger partial charge in [0, 0.05) is 6.07 Å². The second-order valence-corrected chi connectivity index (χ2v) is 5.18. The van der Waals surface area contributed by atoms with Crippen LogP contribution in [0.2, 0.25) is 0 Å². The van der Waals surface area contributed by atoms with E-state index in [1.54, 1.807) is 13.0 Å². The standard InChI is InChI=1S/C14H24N4O3/c1-4-6-14(7-5-2,12(15)17-20)13(19)16-9-11-8-10(3)21-18-11/h8,20H,4-7,9H2,1-3H3,(H2,15,17)(H,16,19). The van der Waals surface area contributed by atoms with Crippen LogP contribution in [-0.4, -0.2) is 22.1 Å². The van der Waals surface area contributed by atoms with Crippen molar-refractivity contribution in [3.8, 4) is 0 Å². The van der Waals surface area contributed by atoms with Crippen LogP contribution in [0.15, 0.2) is 15.7 Å². The van der Waals surface area contributed by atoms with Crippen molar-refractivity contribution in [3.63, 3.8) is 0 Å². The first-order valence-corrected chi connectivity index (χ1v) is 7.18. The van der Waals surface area contributed by atoms with Crippen molar-refractivity contribution < 1.29 is 14.5 Å². The van der Waals surface area contributed by atoms with Gasteiger partial charge in [-0.1, -0.05) is 37.0 Å². The minimum Gasteiger partial charge on any atom is -0.409 e. The Morgan fingerprint density at radius 2 is 2.10 bits per heavy atom.